The number of amides is 10. The van der Waals surface area contributed by atoms with Gasteiger partial charge < -0.3 is 65.1 Å². The molecule has 0 saturated heterocycles. The number of carbonyl (C=O) groups excluding carboxylic acids is 10. The van der Waals surface area contributed by atoms with Gasteiger partial charge in [-0.3, -0.25) is 47.9 Å². The molecule has 0 spiro atoms. The molecule has 15 N–H and O–H groups in total. The van der Waals surface area contributed by atoms with Gasteiger partial charge in [-0.1, -0.05) is 80.1 Å². The molecular weight excluding hydrogens is 809 g/mol. The van der Waals surface area contributed by atoms with Crippen LogP contribution in [-0.4, -0.2) is 129 Å². The summed E-state index contributed by atoms with van der Waals surface area (Å²) in [7, 11) is 0. The monoisotopic (exact) mass is 881 g/mol. The molecule has 0 aromatic carbocycles. The molecule has 22 nitrogen and oxygen atoms in total. The van der Waals surface area contributed by atoms with Crippen molar-refractivity contribution in [3.63, 3.8) is 0 Å². The van der Waals surface area contributed by atoms with Gasteiger partial charge in [-0.25, -0.2) is 0 Å². The maximum absolute atomic E-state index is 13.3. The summed E-state index contributed by atoms with van der Waals surface area (Å²) in [5.74, 6) is -7.24. The quantitative estimate of drug-likeness (QED) is 0.0363. The largest absolute Gasteiger partial charge is 0.368 e. The summed E-state index contributed by atoms with van der Waals surface area (Å²) in [4.78, 5) is 126. The average molecular weight is 881 g/mol. The third-order valence-electron chi connectivity index (χ3n) is 10.3. The first kappa shape index (κ1) is 54.6. The maximum Gasteiger partial charge on any atom is 0.243 e. The highest BCUT2D eigenvalue weighted by molar-refractivity contribution is 5.96. The molecule has 22 heteroatoms. The van der Waals surface area contributed by atoms with E-state index >= 15 is 0 Å². The topological polar surface area (TPSA) is 357 Å². The number of rotatable bonds is 28. The summed E-state index contributed by atoms with van der Waals surface area (Å²) in [6.45, 7) is 8.03. The molecule has 0 bridgehead atoms. The Bertz CT molecular complexity index is 1540. The summed E-state index contributed by atoms with van der Waals surface area (Å²) < 4.78 is 0. The van der Waals surface area contributed by atoms with Gasteiger partial charge in [-0.15, -0.1) is 0 Å². The third kappa shape index (κ3) is 21.9. The van der Waals surface area contributed by atoms with Crippen LogP contribution in [0.15, 0.2) is 0 Å². The van der Waals surface area contributed by atoms with Crippen molar-refractivity contribution in [3.05, 3.63) is 0 Å². The van der Waals surface area contributed by atoms with E-state index in [1.165, 1.54) is 6.42 Å². The van der Waals surface area contributed by atoms with Crippen LogP contribution in [0.5, 0.6) is 0 Å². The van der Waals surface area contributed by atoms with Gasteiger partial charge >= 0.3 is 0 Å². The van der Waals surface area contributed by atoms with E-state index in [0.717, 1.165) is 25.7 Å². The molecule has 10 amide bonds. The van der Waals surface area contributed by atoms with Crippen LogP contribution in [-0.2, 0) is 47.9 Å². The van der Waals surface area contributed by atoms with Crippen LogP contribution in [0.4, 0.5) is 0 Å². The summed E-state index contributed by atoms with van der Waals surface area (Å²) in [6, 6.07) is -5.13. The van der Waals surface area contributed by atoms with E-state index in [4.69, 9.17) is 17.2 Å². The van der Waals surface area contributed by atoms with Gasteiger partial charge in [0, 0.05) is 0 Å². The van der Waals surface area contributed by atoms with Crippen LogP contribution in [0, 0.1) is 23.7 Å². The highest BCUT2D eigenvalue weighted by Gasteiger charge is 2.32. The first-order valence-electron chi connectivity index (χ1n) is 21.5. The van der Waals surface area contributed by atoms with E-state index in [-0.39, 0.29) is 37.8 Å². The second-order valence-electron chi connectivity index (χ2n) is 16.6. The number of nitrogens with one attached hydrogen (secondary N) is 9. The lowest BCUT2D eigenvalue weighted by Gasteiger charge is -2.27. The molecule has 6 atom stereocenters. The first-order valence-corrected chi connectivity index (χ1v) is 21.5. The zero-order valence-corrected chi connectivity index (χ0v) is 37.1. The summed E-state index contributed by atoms with van der Waals surface area (Å²) in [5.41, 5.74) is 16.9. The second-order valence-corrected chi connectivity index (χ2v) is 16.6. The minimum atomic E-state index is -1.20. The Labute approximate surface area is 364 Å². The summed E-state index contributed by atoms with van der Waals surface area (Å²) in [6.07, 6.45) is 6.70. The van der Waals surface area contributed by atoms with Gasteiger partial charge in [0.25, 0.3) is 0 Å². The lowest BCUT2D eigenvalue weighted by molar-refractivity contribution is -0.135. The number of carbonyl (C=O) groups is 10. The predicted octanol–water partition coefficient (Wildman–Crippen LogP) is -3.61. The number of nitrogens with two attached hydrogens (primary N) is 3. The Balaban J connectivity index is 2.63. The fraction of sp³-hybridized carbons (Fsp3) is 0.750. The number of hydrogen-bond donors (Lipinski definition) is 12. The normalized spacial score (nSPS) is 15.6. The molecule has 1 rings (SSSR count). The highest BCUT2D eigenvalue weighted by Crippen LogP contribution is 2.27. The molecule has 0 heterocycles. The van der Waals surface area contributed by atoms with E-state index in [2.05, 4.69) is 47.9 Å². The molecule has 0 radical (unpaired) electrons. The molecule has 352 valence electrons. The van der Waals surface area contributed by atoms with Crippen LogP contribution in [0.25, 0.3) is 0 Å². The zero-order valence-electron chi connectivity index (χ0n) is 37.1. The van der Waals surface area contributed by atoms with Gasteiger partial charge in [-0.2, -0.15) is 0 Å². The Morgan fingerprint density at radius 3 is 1.65 bits per heavy atom. The van der Waals surface area contributed by atoms with Gasteiger partial charge in [-0.05, 0) is 49.5 Å². The molecule has 0 aromatic rings. The molecule has 0 aromatic heterocycles. The molecule has 62 heavy (non-hydrogen) atoms. The Morgan fingerprint density at radius 1 is 0.565 bits per heavy atom. The van der Waals surface area contributed by atoms with Crippen LogP contribution in [0.2, 0.25) is 0 Å². The molecular formula is C40H72N12O10. The van der Waals surface area contributed by atoms with E-state index < -0.39 is 121 Å². The van der Waals surface area contributed by atoms with Crippen molar-refractivity contribution in [3.8, 4) is 0 Å². The molecule has 1 saturated carbocycles. The van der Waals surface area contributed by atoms with Crippen LogP contribution in [0.3, 0.4) is 0 Å². The van der Waals surface area contributed by atoms with Gasteiger partial charge in [0.15, 0.2) is 0 Å². The van der Waals surface area contributed by atoms with Crippen molar-refractivity contribution in [1.29, 1.82) is 0 Å². The highest BCUT2D eigenvalue weighted by atomic mass is 16.2. The minimum absolute atomic E-state index is 0.0231. The predicted molar refractivity (Wildman–Crippen MR) is 229 cm³/mol. The Hall–Kier alpha value is -5.38. The molecule has 4 unspecified atom stereocenters. The Morgan fingerprint density at radius 2 is 1.10 bits per heavy atom. The number of primary amides is 1. The van der Waals surface area contributed by atoms with Crippen molar-refractivity contribution in [2.24, 2.45) is 40.9 Å². The minimum Gasteiger partial charge on any atom is -0.368 e. The maximum atomic E-state index is 13.3. The van der Waals surface area contributed by atoms with Crippen LogP contribution in [0.1, 0.15) is 99.3 Å². The van der Waals surface area contributed by atoms with Crippen LogP contribution < -0.4 is 65.1 Å². The molecule has 1 aliphatic rings. The second kappa shape index (κ2) is 29.0. The average Bonchev–Trinajstić information content (AvgIpc) is 3.22. The van der Waals surface area contributed by atoms with Crippen molar-refractivity contribution in [1.82, 2.24) is 47.9 Å². The molecule has 1 fully saturated rings. The Kier molecular flexibility index (Phi) is 25.6. The van der Waals surface area contributed by atoms with E-state index in [1.54, 1.807) is 20.8 Å². The zero-order chi connectivity index (χ0) is 46.9. The summed E-state index contributed by atoms with van der Waals surface area (Å²) >= 11 is 0. The smallest absolute Gasteiger partial charge is 0.243 e. The van der Waals surface area contributed by atoms with Crippen molar-refractivity contribution in [2.45, 2.75) is 130 Å². The number of hydrogen-bond acceptors (Lipinski definition) is 12. The van der Waals surface area contributed by atoms with E-state index in [9.17, 15) is 47.9 Å². The van der Waals surface area contributed by atoms with Crippen LogP contribution >= 0.6 is 0 Å². The fourth-order valence-electron chi connectivity index (χ4n) is 6.61. The SMILES string of the molecule is CCC(C)C(NC(=O)CNC(=O)C(N)CC1CCCCC1)C(=O)NCC(=O)NCC(=O)NCC(=O)N[C@@H](CCN)C(=O)NC(C(=O)N[C@@H](CC(C)C)C(=O)NCC(N)=O)C(C)C. The first-order chi connectivity index (χ1) is 29.2. The van der Waals surface area contributed by atoms with Crippen molar-refractivity contribution < 1.29 is 47.9 Å². The van der Waals surface area contributed by atoms with Gasteiger partial charge in [0.2, 0.25) is 59.1 Å². The lowest BCUT2D eigenvalue weighted by Crippen LogP contribution is -2.59. The van der Waals surface area contributed by atoms with E-state index in [0.29, 0.717) is 18.8 Å². The molecule has 0 aliphatic heterocycles. The lowest BCUT2D eigenvalue weighted by atomic mass is 9.85. The molecule has 1 aliphatic carbocycles. The van der Waals surface area contributed by atoms with Gasteiger partial charge in [0.05, 0.1) is 38.8 Å². The summed E-state index contributed by atoms with van der Waals surface area (Å²) in [5, 5.41) is 22.2. The standard InChI is InChI=1S/C40H72N12O10/c1-7-24(6)35(51-33(57)21-47-36(58)26(42)16-25-11-9-8-10-12-25)39(61)48-19-31(55)44-18-30(54)45-20-32(56)49-27(13-14-41)38(60)52-34(23(4)5)40(62)50-28(15-22(2)3)37(59)46-17-29(43)53/h22-28,34-35H,7-21,41-42H2,1-6H3,(H2,43,53)(H,44,55)(H,45,54)(H,46,59)(H,47,58)(H,48,61)(H,49,56)(H,50,62)(H,51,57)(H,52,60)/t24?,26?,27-,28-,34?,35?/m0/s1. The van der Waals surface area contributed by atoms with Gasteiger partial charge in [0.1, 0.15) is 24.2 Å². The third-order valence-corrected chi connectivity index (χ3v) is 10.3. The van der Waals surface area contributed by atoms with Crippen molar-refractivity contribution >= 4 is 59.1 Å². The fourth-order valence-corrected chi connectivity index (χ4v) is 6.61. The van der Waals surface area contributed by atoms with Crippen molar-refractivity contribution in [2.75, 3.05) is 39.3 Å². The van der Waals surface area contributed by atoms with E-state index in [1.807, 2.05) is 20.8 Å².